The molecule has 2 rings (SSSR count). The lowest BCUT2D eigenvalue weighted by molar-refractivity contribution is 0.0715. The van der Waals surface area contributed by atoms with E-state index in [2.05, 4.69) is 4.90 Å². The molecule has 1 unspecified atom stereocenters. The molecular weight excluding hydrogens is 253 g/mol. The number of aliphatic hydroxyl groups is 1. The topological polar surface area (TPSA) is 32.7 Å². The number of β-amino-alcohol motifs (C(OH)–C–C–N with tert-alkyl or cyclic N) is 1. The summed E-state index contributed by atoms with van der Waals surface area (Å²) in [4.78, 5) is 2.25. The second-order valence-corrected chi connectivity index (χ2v) is 5.56. The molecule has 5 heteroatoms. The van der Waals surface area contributed by atoms with Gasteiger partial charge in [-0.25, -0.2) is 4.39 Å². The SMILES string of the molecule is OC(COc1ccc(F)cc1)CN1CCSCC1. The van der Waals surface area contributed by atoms with Crippen molar-refractivity contribution in [3.8, 4) is 5.75 Å². The monoisotopic (exact) mass is 271 g/mol. The van der Waals surface area contributed by atoms with Crippen molar-refractivity contribution in [2.24, 2.45) is 0 Å². The van der Waals surface area contributed by atoms with Crippen molar-refractivity contribution in [2.75, 3.05) is 37.7 Å². The maximum Gasteiger partial charge on any atom is 0.123 e. The minimum Gasteiger partial charge on any atom is -0.491 e. The van der Waals surface area contributed by atoms with E-state index in [-0.39, 0.29) is 12.4 Å². The number of rotatable bonds is 5. The Kier molecular flexibility index (Phi) is 5.28. The standard InChI is InChI=1S/C13H18FNO2S/c14-11-1-3-13(4-2-11)17-10-12(16)9-15-5-7-18-8-6-15/h1-4,12,16H,5-10H2. The van der Waals surface area contributed by atoms with Crippen LogP contribution in [0.15, 0.2) is 24.3 Å². The van der Waals surface area contributed by atoms with Gasteiger partial charge in [0.15, 0.2) is 0 Å². The minimum absolute atomic E-state index is 0.245. The summed E-state index contributed by atoms with van der Waals surface area (Å²) < 4.78 is 18.1. The van der Waals surface area contributed by atoms with Crippen LogP contribution in [0, 0.1) is 5.82 Å². The van der Waals surface area contributed by atoms with Gasteiger partial charge in [-0.1, -0.05) is 0 Å². The van der Waals surface area contributed by atoms with Crippen LogP contribution in [-0.4, -0.2) is 53.9 Å². The predicted molar refractivity (Wildman–Crippen MR) is 71.7 cm³/mol. The molecule has 100 valence electrons. The van der Waals surface area contributed by atoms with E-state index < -0.39 is 6.10 Å². The van der Waals surface area contributed by atoms with Crippen molar-refractivity contribution in [3.63, 3.8) is 0 Å². The van der Waals surface area contributed by atoms with Crippen LogP contribution in [0.25, 0.3) is 0 Å². The molecule has 3 nitrogen and oxygen atoms in total. The van der Waals surface area contributed by atoms with Gasteiger partial charge < -0.3 is 9.84 Å². The largest absolute Gasteiger partial charge is 0.491 e. The van der Waals surface area contributed by atoms with Gasteiger partial charge in [0.2, 0.25) is 0 Å². The van der Waals surface area contributed by atoms with E-state index in [1.807, 2.05) is 11.8 Å². The zero-order valence-corrected chi connectivity index (χ0v) is 11.0. The number of ether oxygens (including phenoxy) is 1. The molecule has 1 atom stereocenters. The molecule has 1 heterocycles. The van der Waals surface area contributed by atoms with Crippen molar-refractivity contribution < 1.29 is 14.2 Å². The third-order valence-corrected chi connectivity index (χ3v) is 3.77. The fraction of sp³-hybridized carbons (Fsp3) is 0.538. The number of hydrogen-bond acceptors (Lipinski definition) is 4. The number of thioether (sulfide) groups is 1. The summed E-state index contributed by atoms with van der Waals surface area (Å²) in [6.45, 7) is 2.94. The van der Waals surface area contributed by atoms with E-state index in [4.69, 9.17) is 4.74 Å². The first-order chi connectivity index (χ1) is 8.74. The highest BCUT2D eigenvalue weighted by atomic mass is 32.2. The number of nitrogens with zero attached hydrogens (tertiary/aromatic N) is 1. The normalized spacial score (nSPS) is 18.6. The predicted octanol–water partition coefficient (Wildman–Crippen LogP) is 1.61. The molecule has 0 amide bonds. The number of aliphatic hydroxyl groups excluding tert-OH is 1. The molecule has 1 aromatic rings. The quantitative estimate of drug-likeness (QED) is 0.882. The van der Waals surface area contributed by atoms with Crippen molar-refractivity contribution >= 4 is 11.8 Å². The zero-order chi connectivity index (χ0) is 12.8. The first-order valence-corrected chi connectivity index (χ1v) is 7.26. The molecule has 0 aromatic heterocycles. The van der Waals surface area contributed by atoms with Crippen molar-refractivity contribution in [1.29, 1.82) is 0 Å². The number of halogens is 1. The van der Waals surface area contributed by atoms with Crippen molar-refractivity contribution in [2.45, 2.75) is 6.10 Å². The fourth-order valence-electron chi connectivity index (χ4n) is 1.86. The van der Waals surface area contributed by atoms with E-state index >= 15 is 0 Å². The van der Waals surface area contributed by atoms with Crippen LogP contribution in [0.4, 0.5) is 4.39 Å². The summed E-state index contributed by atoms with van der Waals surface area (Å²) in [6.07, 6.45) is -0.502. The van der Waals surface area contributed by atoms with Crippen LogP contribution in [0.5, 0.6) is 5.75 Å². The van der Waals surface area contributed by atoms with Crippen LogP contribution in [0.3, 0.4) is 0 Å². The second-order valence-electron chi connectivity index (χ2n) is 4.33. The summed E-state index contributed by atoms with van der Waals surface area (Å²) in [7, 11) is 0. The lowest BCUT2D eigenvalue weighted by Gasteiger charge is -2.28. The molecule has 1 fully saturated rings. The Morgan fingerprint density at radius 1 is 1.28 bits per heavy atom. The Balaban J connectivity index is 1.70. The third kappa shape index (κ3) is 4.48. The van der Waals surface area contributed by atoms with E-state index in [0.717, 1.165) is 24.6 Å². The molecule has 1 aromatic carbocycles. The van der Waals surface area contributed by atoms with Crippen LogP contribution >= 0.6 is 11.8 Å². The Morgan fingerprint density at radius 2 is 1.94 bits per heavy atom. The van der Waals surface area contributed by atoms with Gasteiger partial charge in [0, 0.05) is 31.1 Å². The highest BCUT2D eigenvalue weighted by Crippen LogP contribution is 2.12. The van der Waals surface area contributed by atoms with Crippen LogP contribution < -0.4 is 4.74 Å². The van der Waals surface area contributed by atoms with Gasteiger partial charge in [0.05, 0.1) is 0 Å². The Hall–Kier alpha value is -0.780. The molecule has 0 bridgehead atoms. The Bertz CT molecular complexity index is 355. The molecule has 0 spiro atoms. The van der Waals surface area contributed by atoms with Gasteiger partial charge >= 0.3 is 0 Å². The maximum absolute atomic E-state index is 12.7. The summed E-state index contributed by atoms with van der Waals surface area (Å²) >= 11 is 1.95. The third-order valence-electron chi connectivity index (χ3n) is 2.83. The smallest absolute Gasteiger partial charge is 0.123 e. The van der Waals surface area contributed by atoms with E-state index in [0.29, 0.717) is 12.3 Å². The van der Waals surface area contributed by atoms with E-state index in [1.54, 1.807) is 12.1 Å². The van der Waals surface area contributed by atoms with Crippen LogP contribution in [0.1, 0.15) is 0 Å². The highest BCUT2D eigenvalue weighted by Gasteiger charge is 2.15. The average molecular weight is 271 g/mol. The van der Waals surface area contributed by atoms with Gasteiger partial charge in [0.1, 0.15) is 24.3 Å². The molecular formula is C13H18FNO2S. The molecule has 1 aliphatic heterocycles. The summed E-state index contributed by atoms with van der Waals surface area (Å²) in [5.41, 5.74) is 0. The summed E-state index contributed by atoms with van der Waals surface area (Å²) in [5, 5.41) is 9.87. The Labute approximate surface area is 111 Å². The minimum atomic E-state index is -0.502. The molecule has 1 saturated heterocycles. The summed E-state index contributed by atoms with van der Waals surface area (Å²) in [6, 6.07) is 5.84. The van der Waals surface area contributed by atoms with Crippen LogP contribution in [-0.2, 0) is 0 Å². The molecule has 1 N–H and O–H groups in total. The number of hydrogen-bond donors (Lipinski definition) is 1. The molecule has 0 aliphatic carbocycles. The van der Waals surface area contributed by atoms with Gasteiger partial charge in [-0.15, -0.1) is 0 Å². The molecule has 18 heavy (non-hydrogen) atoms. The van der Waals surface area contributed by atoms with E-state index in [9.17, 15) is 9.50 Å². The summed E-state index contributed by atoms with van der Waals surface area (Å²) in [5.74, 6) is 2.57. The second kappa shape index (κ2) is 6.97. The maximum atomic E-state index is 12.7. The van der Waals surface area contributed by atoms with Gasteiger partial charge in [0.25, 0.3) is 0 Å². The molecule has 1 aliphatic rings. The fourth-order valence-corrected chi connectivity index (χ4v) is 2.84. The zero-order valence-electron chi connectivity index (χ0n) is 10.2. The van der Waals surface area contributed by atoms with Crippen molar-refractivity contribution in [1.82, 2.24) is 4.90 Å². The van der Waals surface area contributed by atoms with E-state index in [1.165, 1.54) is 12.1 Å². The van der Waals surface area contributed by atoms with Gasteiger partial charge in [-0.2, -0.15) is 11.8 Å². The number of benzene rings is 1. The molecule has 0 radical (unpaired) electrons. The van der Waals surface area contributed by atoms with Gasteiger partial charge in [-0.3, -0.25) is 4.90 Å². The van der Waals surface area contributed by atoms with Crippen molar-refractivity contribution in [3.05, 3.63) is 30.1 Å². The lowest BCUT2D eigenvalue weighted by atomic mass is 10.3. The lowest BCUT2D eigenvalue weighted by Crippen LogP contribution is -2.40. The average Bonchev–Trinajstić information content (AvgIpc) is 2.39. The molecule has 0 saturated carbocycles. The van der Waals surface area contributed by atoms with Gasteiger partial charge in [-0.05, 0) is 24.3 Å². The Morgan fingerprint density at radius 3 is 2.61 bits per heavy atom. The first kappa shape index (κ1) is 13.6. The first-order valence-electron chi connectivity index (χ1n) is 6.10. The highest BCUT2D eigenvalue weighted by molar-refractivity contribution is 7.99. The van der Waals surface area contributed by atoms with Crippen LogP contribution in [0.2, 0.25) is 0 Å².